The number of hydrogen-bond donors (Lipinski definition) is 1. The highest BCUT2D eigenvalue weighted by Crippen LogP contribution is 2.36. The first-order chi connectivity index (χ1) is 12.6. The van der Waals surface area contributed by atoms with Crippen molar-refractivity contribution in [1.82, 2.24) is 14.8 Å². The van der Waals surface area contributed by atoms with E-state index in [1.54, 1.807) is 7.11 Å². The molecular formula is C21H29N3O2. The van der Waals surface area contributed by atoms with E-state index in [1.807, 2.05) is 11.1 Å². The molecule has 5 nitrogen and oxygen atoms in total. The van der Waals surface area contributed by atoms with Crippen LogP contribution in [0.25, 0.3) is 10.9 Å². The van der Waals surface area contributed by atoms with Crippen LogP contribution in [-0.4, -0.2) is 59.1 Å². The Morgan fingerprint density at radius 2 is 2.00 bits per heavy atom. The number of H-pyrrole nitrogens is 1. The van der Waals surface area contributed by atoms with Gasteiger partial charge in [-0.1, -0.05) is 12.1 Å². The van der Waals surface area contributed by atoms with Crippen molar-refractivity contribution in [3.05, 3.63) is 36.0 Å². The Bertz CT molecular complexity index is 776. The van der Waals surface area contributed by atoms with Gasteiger partial charge in [0, 0.05) is 31.4 Å². The summed E-state index contributed by atoms with van der Waals surface area (Å²) in [6.07, 6.45) is 4.02. The number of aromatic amines is 1. The van der Waals surface area contributed by atoms with E-state index in [2.05, 4.69) is 48.0 Å². The first kappa shape index (κ1) is 17.6. The van der Waals surface area contributed by atoms with Gasteiger partial charge >= 0.3 is 0 Å². The molecule has 0 bridgehead atoms. The maximum absolute atomic E-state index is 12.3. The fourth-order valence-electron chi connectivity index (χ4n) is 4.72. The maximum Gasteiger partial charge on any atom is 0.254 e. The van der Waals surface area contributed by atoms with E-state index in [1.165, 1.54) is 16.5 Å². The summed E-state index contributed by atoms with van der Waals surface area (Å²) in [5.41, 5.74) is 2.57. The molecule has 1 amide bonds. The minimum Gasteiger partial charge on any atom is -0.369 e. The molecule has 0 radical (unpaired) electrons. The number of hydrogen-bond acceptors (Lipinski definition) is 3. The van der Waals surface area contributed by atoms with Gasteiger partial charge in [-0.25, -0.2) is 0 Å². The number of carbonyl (C=O) groups excluding carboxylic acids is 1. The second kappa shape index (κ2) is 7.05. The molecule has 1 N–H and O–H groups in total. The molecule has 2 atom stereocenters. The van der Waals surface area contributed by atoms with Crippen LogP contribution in [0.15, 0.2) is 30.5 Å². The molecule has 26 heavy (non-hydrogen) atoms. The lowest BCUT2D eigenvalue weighted by atomic mass is 9.79. The fourth-order valence-corrected chi connectivity index (χ4v) is 4.72. The molecule has 2 saturated heterocycles. The number of rotatable bonds is 5. The van der Waals surface area contributed by atoms with Crippen molar-refractivity contribution in [2.45, 2.75) is 51.4 Å². The van der Waals surface area contributed by atoms with Gasteiger partial charge in [0.2, 0.25) is 0 Å². The largest absolute Gasteiger partial charge is 0.369 e. The lowest BCUT2D eigenvalue weighted by molar-refractivity contribution is -0.181. The van der Waals surface area contributed by atoms with Gasteiger partial charge in [0.05, 0.1) is 6.04 Å². The first-order valence-corrected chi connectivity index (χ1v) is 9.72. The molecule has 1 aromatic carbocycles. The number of carbonyl (C=O) groups is 1. The van der Waals surface area contributed by atoms with E-state index in [0.717, 1.165) is 32.5 Å². The molecule has 3 heterocycles. The SMILES string of the molecule is CO[C@H]1C(=O)N(C(C)C)[C@H]1C1CCN(Cc2ccc3cc[nH]c3c2)CC1. The lowest BCUT2D eigenvalue weighted by Crippen LogP contribution is -2.70. The molecule has 2 aliphatic heterocycles. The highest BCUT2D eigenvalue weighted by molar-refractivity contribution is 5.88. The van der Waals surface area contributed by atoms with Gasteiger partial charge in [-0.2, -0.15) is 0 Å². The zero-order chi connectivity index (χ0) is 18.3. The van der Waals surface area contributed by atoms with Crippen molar-refractivity contribution in [3.8, 4) is 0 Å². The summed E-state index contributed by atoms with van der Waals surface area (Å²) in [5, 5.41) is 1.27. The standard InChI is InChI=1S/C21H29N3O2/c1-14(2)24-19(20(26-3)21(24)25)17-7-10-23(11-8-17)13-15-4-5-16-6-9-22-18(16)12-15/h4-6,9,12,14,17,19-20,22H,7-8,10-11,13H2,1-3H3/t19-,20+/m0/s1. The van der Waals surface area contributed by atoms with Crippen molar-refractivity contribution in [2.24, 2.45) is 5.92 Å². The van der Waals surface area contributed by atoms with Gasteiger partial charge < -0.3 is 14.6 Å². The number of likely N-dealkylation sites (tertiary alicyclic amines) is 2. The molecular weight excluding hydrogens is 326 g/mol. The summed E-state index contributed by atoms with van der Waals surface area (Å²) in [6, 6.07) is 9.30. The summed E-state index contributed by atoms with van der Waals surface area (Å²) in [7, 11) is 1.67. The molecule has 2 fully saturated rings. The van der Waals surface area contributed by atoms with E-state index < -0.39 is 0 Å². The van der Waals surface area contributed by atoms with Crippen molar-refractivity contribution in [3.63, 3.8) is 0 Å². The molecule has 0 saturated carbocycles. The van der Waals surface area contributed by atoms with Gasteiger partial charge in [0.15, 0.2) is 6.10 Å². The number of methoxy groups -OCH3 is 1. The number of β-lactam (4-membered cyclic amide) rings is 1. The number of fused-ring (bicyclic) bond motifs is 1. The number of benzene rings is 1. The Morgan fingerprint density at radius 1 is 1.23 bits per heavy atom. The van der Waals surface area contributed by atoms with Crippen LogP contribution >= 0.6 is 0 Å². The smallest absolute Gasteiger partial charge is 0.254 e. The lowest BCUT2D eigenvalue weighted by Gasteiger charge is -2.53. The van der Waals surface area contributed by atoms with Crippen LogP contribution in [0.1, 0.15) is 32.3 Å². The number of aromatic nitrogens is 1. The number of ether oxygens (including phenoxy) is 1. The van der Waals surface area contributed by atoms with Crippen molar-refractivity contribution >= 4 is 16.8 Å². The van der Waals surface area contributed by atoms with Gasteiger partial charge in [-0.15, -0.1) is 0 Å². The van der Waals surface area contributed by atoms with E-state index >= 15 is 0 Å². The molecule has 2 aromatic rings. The average Bonchev–Trinajstić information content (AvgIpc) is 3.08. The van der Waals surface area contributed by atoms with Crippen LogP contribution in [0.4, 0.5) is 0 Å². The third kappa shape index (κ3) is 3.03. The summed E-state index contributed by atoms with van der Waals surface area (Å²) in [5.74, 6) is 0.705. The van der Waals surface area contributed by atoms with E-state index in [-0.39, 0.29) is 24.1 Å². The van der Waals surface area contributed by atoms with Crippen molar-refractivity contribution in [2.75, 3.05) is 20.2 Å². The Labute approximate surface area is 155 Å². The Kier molecular flexibility index (Phi) is 4.76. The quantitative estimate of drug-likeness (QED) is 0.839. The van der Waals surface area contributed by atoms with Crippen molar-refractivity contribution < 1.29 is 9.53 Å². The summed E-state index contributed by atoms with van der Waals surface area (Å²) in [4.78, 5) is 20.1. The number of nitrogens with one attached hydrogen (secondary N) is 1. The molecule has 0 spiro atoms. The average molecular weight is 355 g/mol. The van der Waals surface area contributed by atoms with E-state index in [4.69, 9.17) is 4.74 Å². The van der Waals surface area contributed by atoms with Gasteiger partial charge in [-0.05, 0) is 68.8 Å². The second-order valence-corrected chi connectivity index (χ2v) is 8.00. The Morgan fingerprint density at radius 3 is 2.69 bits per heavy atom. The molecule has 0 aliphatic carbocycles. The number of piperidine rings is 1. The van der Waals surface area contributed by atoms with Gasteiger partial charge in [0.25, 0.3) is 5.91 Å². The molecule has 4 rings (SSSR count). The van der Waals surface area contributed by atoms with Crippen molar-refractivity contribution in [1.29, 1.82) is 0 Å². The summed E-state index contributed by atoms with van der Waals surface area (Å²) < 4.78 is 5.49. The molecule has 1 aromatic heterocycles. The zero-order valence-electron chi connectivity index (χ0n) is 15.9. The first-order valence-electron chi connectivity index (χ1n) is 9.72. The minimum absolute atomic E-state index is 0.161. The highest BCUT2D eigenvalue weighted by atomic mass is 16.5. The van der Waals surface area contributed by atoms with Crippen LogP contribution in [0.3, 0.4) is 0 Å². The monoisotopic (exact) mass is 355 g/mol. The van der Waals surface area contributed by atoms with E-state index in [9.17, 15) is 4.79 Å². The maximum atomic E-state index is 12.3. The van der Waals surface area contributed by atoms with E-state index in [0.29, 0.717) is 5.92 Å². The van der Waals surface area contributed by atoms with Crippen LogP contribution in [-0.2, 0) is 16.1 Å². The Balaban J connectivity index is 1.37. The van der Waals surface area contributed by atoms with Gasteiger partial charge in [-0.3, -0.25) is 9.69 Å². The number of nitrogens with zero attached hydrogens (tertiary/aromatic N) is 2. The van der Waals surface area contributed by atoms with Crippen LogP contribution < -0.4 is 0 Å². The van der Waals surface area contributed by atoms with Crippen LogP contribution in [0, 0.1) is 5.92 Å². The molecule has 2 aliphatic rings. The summed E-state index contributed by atoms with van der Waals surface area (Å²) in [6.45, 7) is 7.36. The van der Waals surface area contributed by atoms with Gasteiger partial charge in [0.1, 0.15) is 0 Å². The minimum atomic E-state index is -0.232. The zero-order valence-corrected chi connectivity index (χ0v) is 15.9. The Hall–Kier alpha value is -1.85. The third-order valence-electron chi connectivity index (χ3n) is 6.08. The third-order valence-corrected chi connectivity index (χ3v) is 6.08. The number of amides is 1. The molecule has 0 unspecified atom stereocenters. The topological polar surface area (TPSA) is 48.6 Å². The predicted molar refractivity (Wildman–Crippen MR) is 103 cm³/mol. The normalized spacial score (nSPS) is 25.2. The second-order valence-electron chi connectivity index (χ2n) is 8.00. The predicted octanol–water partition coefficient (Wildman–Crippen LogP) is 3.01. The highest BCUT2D eigenvalue weighted by Gasteiger charge is 2.52. The summed E-state index contributed by atoms with van der Waals surface area (Å²) >= 11 is 0. The molecule has 140 valence electrons. The fraction of sp³-hybridized carbons (Fsp3) is 0.571. The van der Waals surface area contributed by atoms with Crippen LogP contribution in [0.2, 0.25) is 0 Å². The molecule has 5 heteroatoms. The van der Waals surface area contributed by atoms with Crippen LogP contribution in [0.5, 0.6) is 0 Å².